The van der Waals surface area contributed by atoms with E-state index < -0.39 is 27.7 Å². The molecule has 2 amide bonds. The maximum atomic E-state index is 13.1. The molecule has 0 saturated carbocycles. The molecule has 1 atom stereocenters. The highest BCUT2D eigenvalue weighted by atomic mass is 32.2. The van der Waals surface area contributed by atoms with Gasteiger partial charge in [-0.3, -0.25) is 9.59 Å². The van der Waals surface area contributed by atoms with Gasteiger partial charge in [-0.2, -0.15) is 5.10 Å². The van der Waals surface area contributed by atoms with E-state index in [0.29, 0.717) is 5.56 Å². The van der Waals surface area contributed by atoms with Crippen LogP contribution in [0.15, 0.2) is 41.4 Å². The Balaban J connectivity index is 1.73. The maximum Gasteiger partial charge on any atom is 0.269 e. The Morgan fingerprint density at radius 3 is 2.80 bits per heavy atom. The van der Waals surface area contributed by atoms with Crippen molar-refractivity contribution in [3.05, 3.63) is 59.0 Å². The number of benzene rings is 1. The second kappa shape index (κ2) is 7.50. The van der Waals surface area contributed by atoms with Crippen molar-refractivity contribution in [2.75, 3.05) is 12.9 Å². The minimum absolute atomic E-state index is 0.0244. The van der Waals surface area contributed by atoms with E-state index in [0.717, 1.165) is 0 Å². The average molecular weight is 429 g/mol. The van der Waals surface area contributed by atoms with E-state index in [1.54, 1.807) is 24.3 Å². The topological polar surface area (TPSA) is 146 Å². The number of carbonyl (C=O) groups excluding carboxylic acids is 2. The summed E-state index contributed by atoms with van der Waals surface area (Å²) < 4.78 is 30.9. The van der Waals surface area contributed by atoms with Gasteiger partial charge in [-0.1, -0.05) is 18.2 Å². The normalized spacial score (nSPS) is 17.4. The molecule has 0 saturated heterocycles. The Labute approximate surface area is 172 Å². The number of nitrogens with one attached hydrogen (secondary N) is 1. The molecule has 0 bridgehead atoms. The van der Waals surface area contributed by atoms with Crippen LogP contribution in [0, 0.1) is 0 Å². The molecule has 1 aromatic carbocycles. The number of carbonyl (C=O) groups is 2. The number of hydrogen-bond donors (Lipinski definition) is 2. The van der Waals surface area contributed by atoms with E-state index in [9.17, 15) is 18.0 Å². The second-order valence-electron chi connectivity index (χ2n) is 6.86. The summed E-state index contributed by atoms with van der Waals surface area (Å²) in [6.45, 7) is 0.0244. The Morgan fingerprint density at radius 1 is 1.30 bits per heavy atom. The molecular weight excluding hydrogens is 410 g/mol. The van der Waals surface area contributed by atoms with Crippen molar-refractivity contribution < 1.29 is 22.7 Å². The zero-order valence-electron chi connectivity index (χ0n) is 16.0. The number of primary amides is 1. The molecule has 1 aliphatic heterocycles. The third-order valence-corrected chi connectivity index (χ3v) is 6.78. The van der Waals surface area contributed by atoms with Crippen molar-refractivity contribution in [1.82, 2.24) is 19.9 Å². The first-order valence-corrected chi connectivity index (χ1v) is 10.8. The van der Waals surface area contributed by atoms with Gasteiger partial charge >= 0.3 is 0 Å². The van der Waals surface area contributed by atoms with E-state index in [4.69, 9.17) is 10.5 Å². The monoisotopic (exact) mass is 429 g/mol. The van der Waals surface area contributed by atoms with Crippen molar-refractivity contribution in [3.8, 4) is 0 Å². The van der Waals surface area contributed by atoms with Gasteiger partial charge in [0.25, 0.3) is 11.8 Å². The molecule has 0 spiro atoms. The van der Waals surface area contributed by atoms with E-state index in [-0.39, 0.29) is 46.3 Å². The van der Waals surface area contributed by atoms with Crippen LogP contribution in [-0.2, 0) is 21.2 Å². The van der Waals surface area contributed by atoms with Crippen molar-refractivity contribution in [2.24, 2.45) is 5.73 Å². The van der Waals surface area contributed by atoms with Crippen LogP contribution in [0.4, 0.5) is 0 Å². The van der Waals surface area contributed by atoms with Crippen LogP contribution in [0.3, 0.4) is 0 Å². The minimum atomic E-state index is -3.37. The molecule has 3 aromatic rings. The van der Waals surface area contributed by atoms with E-state index in [1.807, 2.05) is 0 Å². The Kier molecular flexibility index (Phi) is 5.00. The molecule has 30 heavy (non-hydrogen) atoms. The summed E-state index contributed by atoms with van der Waals surface area (Å²) in [5, 5.41) is 6.97. The quantitative estimate of drug-likeness (QED) is 0.604. The van der Waals surface area contributed by atoms with Gasteiger partial charge in [-0.25, -0.2) is 17.9 Å². The van der Waals surface area contributed by atoms with Gasteiger partial charge in [0.05, 0.1) is 28.9 Å². The van der Waals surface area contributed by atoms with Gasteiger partial charge < -0.3 is 15.8 Å². The maximum absolute atomic E-state index is 13.1. The van der Waals surface area contributed by atoms with Gasteiger partial charge in [-0.15, -0.1) is 0 Å². The molecule has 0 fully saturated rings. The molecule has 0 aliphatic carbocycles. The number of ether oxygens (including phenoxy) is 1. The summed E-state index contributed by atoms with van der Waals surface area (Å²) in [7, 11) is -1.92. The van der Waals surface area contributed by atoms with Gasteiger partial charge in [0, 0.05) is 13.3 Å². The second-order valence-corrected chi connectivity index (χ2v) is 8.93. The summed E-state index contributed by atoms with van der Waals surface area (Å²) in [6, 6.07) is 7.61. The van der Waals surface area contributed by atoms with Crippen molar-refractivity contribution >= 4 is 27.3 Å². The Bertz CT molecular complexity index is 1270. The van der Waals surface area contributed by atoms with Gasteiger partial charge in [0.1, 0.15) is 5.69 Å². The van der Waals surface area contributed by atoms with Crippen LogP contribution in [-0.4, -0.2) is 47.7 Å². The highest BCUT2D eigenvalue weighted by Gasteiger charge is 2.31. The largest absolute Gasteiger partial charge is 0.378 e. The summed E-state index contributed by atoms with van der Waals surface area (Å²) in [6.07, 6.45) is 1.62. The number of nitrogens with zero attached hydrogens (tertiary/aromatic N) is 3. The van der Waals surface area contributed by atoms with E-state index in [2.05, 4.69) is 15.4 Å². The molecule has 0 radical (unpaired) electrons. The number of amides is 2. The first kappa shape index (κ1) is 20.0. The smallest absolute Gasteiger partial charge is 0.269 e. The van der Waals surface area contributed by atoms with Crippen molar-refractivity contribution in [1.29, 1.82) is 0 Å². The minimum Gasteiger partial charge on any atom is -0.378 e. The highest BCUT2D eigenvalue weighted by Crippen LogP contribution is 2.32. The summed E-state index contributed by atoms with van der Waals surface area (Å²) >= 11 is 0. The first-order valence-electron chi connectivity index (χ1n) is 9.11. The number of fused-ring (bicyclic) bond motifs is 2. The van der Waals surface area contributed by atoms with E-state index >= 15 is 0 Å². The first-order chi connectivity index (χ1) is 14.3. The molecule has 11 heteroatoms. The lowest BCUT2D eigenvalue weighted by molar-refractivity contribution is 0.0933. The van der Waals surface area contributed by atoms with Gasteiger partial charge in [-0.05, 0) is 24.1 Å². The lowest BCUT2D eigenvalue weighted by Crippen LogP contribution is -2.34. The Morgan fingerprint density at radius 2 is 2.07 bits per heavy atom. The number of methoxy groups -OCH3 is 1. The molecule has 3 heterocycles. The summed E-state index contributed by atoms with van der Waals surface area (Å²) in [4.78, 5) is 29.5. The summed E-state index contributed by atoms with van der Waals surface area (Å²) in [5.41, 5.74) is 6.65. The Hall–Kier alpha value is -3.31. The lowest BCUT2D eigenvalue weighted by Gasteiger charge is -2.26. The van der Waals surface area contributed by atoms with Crippen LogP contribution in [0.25, 0.3) is 5.65 Å². The predicted molar refractivity (Wildman–Crippen MR) is 106 cm³/mol. The standard InChI is InChI=1S/C19H19N5O5S/c1-29-10-14-16(17(20)25)24-18(22-14)12(6-8-21-24)19(26)23-13-7-9-30(27,28)15-5-3-2-4-11(13)15/h2-6,8,13H,7,9-10H2,1H3,(H2,20,25)(H,23,26)/t13-/m1/s1. The molecule has 10 nitrogen and oxygen atoms in total. The molecule has 2 aromatic heterocycles. The van der Waals surface area contributed by atoms with Crippen LogP contribution in [0.2, 0.25) is 0 Å². The fourth-order valence-corrected chi connectivity index (χ4v) is 5.25. The zero-order chi connectivity index (χ0) is 21.5. The molecule has 0 unspecified atom stereocenters. The van der Waals surface area contributed by atoms with Gasteiger partial charge in [0.15, 0.2) is 21.2 Å². The van der Waals surface area contributed by atoms with Crippen LogP contribution in [0.1, 0.15) is 44.6 Å². The lowest BCUT2D eigenvalue weighted by atomic mass is 10.0. The third kappa shape index (κ3) is 3.31. The number of rotatable bonds is 5. The van der Waals surface area contributed by atoms with Crippen molar-refractivity contribution in [3.63, 3.8) is 0 Å². The predicted octanol–water partition coefficient (Wildman–Crippen LogP) is 0.623. The molecule has 1 aliphatic rings. The fraction of sp³-hybridized carbons (Fsp3) is 0.263. The van der Waals surface area contributed by atoms with E-state index in [1.165, 1.54) is 23.9 Å². The fourth-order valence-electron chi connectivity index (χ4n) is 3.63. The van der Waals surface area contributed by atoms with Crippen LogP contribution >= 0.6 is 0 Å². The SMILES string of the molecule is COCc1nc2c(C(=O)N[C@@H]3CCS(=O)(=O)c4ccccc43)ccnn2c1C(N)=O. The number of imidazole rings is 1. The molecule has 4 rings (SSSR count). The molecule has 156 valence electrons. The van der Waals surface area contributed by atoms with Crippen LogP contribution in [0.5, 0.6) is 0 Å². The number of nitrogens with two attached hydrogens (primary N) is 1. The third-order valence-electron chi connectivity index (χ3n) is 4.96. The number of hydrogen-bond acceptors (Lipinski definition) is 7. The summed E-state index contributed by atoms with van der Waals surface area (Å²) in [5.74, 6) is -1.27. The zero-order valence-corrected chi connectivity index (χ0v) is 16.8. The highest BCUT2D eigenvalue weighted by molar-refractivity contribution is 7.91. The van der Waals surface area contributed by atoms with Crippen molar-refractivity contribution in [2.45, 2.75) is 24.0 Å². The number of aromatic nitrogens is 3. The van der Waals surface area contributed by atoms with Crippen LogP contribution < -0.4 is 11.1 Å². The van der Waals surface area contributed by atoms with Gasteiger partial charge in [0.2, 0.25) is 0 Å². The molecular formula is C19H19N5O5S. The number of sulfone groups is 1. The average Bonchev–Trinajstić information content (AvgIpc) is 3.09. The molecule has 3 N–H and O–H groups in total.